The molecule has 0 aliphatic carbocycles. The second-order valence-electron chi connectivity index (χ2n) is 5.72. The number of aryl methyl sites for hydroxylation is 1. The van der Waals surface area contributed by atoms with E-state index in [0.717, 1.165) is 17.7 Å². The van der Waals surface area contributed by atoms with Crippen LogP contribution >= 0.6 is 24.0 Å². The van der Waals surface area contributed by atoms with Crippen molar-refractivity contribution in [2.24, 2.45) is 0 Å². The minimum absolute atomic E-state index is 0.195. The molecule has 27 heavy (non-hydrogen) atoms. The molecule has 2 aromatic rings. The van der Waals surface area contributed by atoms with E-state index in [4.69, 9.17) is 22.1 Å². The van der Waals surface area contributed by atoms with Crippen molar-refractivity contribution in [3.63, 3.8) is 0 Å². The Morgan fingerprint density at radius 3 is 2.67 bits per heavy atom. The number of hydrogen-bond donors (Lipinski definition) is 1. The summed E-state index contributed by atoms with van der Waals surface area (Å²) >= 11 is 6.66. The normalized spacial score (nSPS) is 15.4. The van der Waals surface area contributed by atoms with Crippen molar-refractivity contribution in [1.82, 2.24) is 0 Å². The molecule has 1 N–H and O–H groups in total. The average molecular weight is 399 g/mol. The highest BCUT2D eigenvalue weighted by Gasteiger charge is 2.34. The molecular formula is C20H17NO4S2. The van der Waals surface area contributed by atoms with Gasteiger partial charge < -0.3 is 9.84 Å². The molecule has 5 nitrogen and oxygen atoms in total. The van der Waals surface area contributed by atoms with Crippen molar-refractivity contribution in [3.8, 4) is 5.75 Å². The van der Waals surface area contributed by atoms with Gasteiger partial charge in [0.05, 0.1) is 10.6 Å². The van der Waals surface area contributed by atoms with Gasteiger partial charge >= 0.3 is 5.97 Å². The standard InChI is InChI=1S/C20H17NO4S2/c1-2-13-7-3-5-9-15(13)21-19(24)17(27-20(21)26)11-14-8-4-6-10-16(14)25-12-18(22)23/h3-11H,2,12H2,1H3,(H,22,23)/b17-11+. The molecule has 0 spiro atoms. The molecule has 0 radical (unpaired) electrons. The predicted octanol–water partition coefficient (Wildman–Crippen LogP) is 4.12. The number of rotatable bonds is 6. The Bertz CT molecular complexity index is 939. The Kier molecular flexibility index (Phi) is 5.93. The first-order valence-electron chi connectivity index (χ1n) is 8.30. The molecule has 1 heterocycles. The van der Waals surface area contributed by atoms with Crippen LogP contribution in [0.1, 0.15) is 18.1 Å². The lowest BCUT2D eigenvalue weighted by atomic mass is 10.1. The highest BCUT2D eigenvalue weighted by molar-refractivity contribution is 8.27. The first-order chi connectivity index (χ1) is 13.0. The molecule has 1 amide bonds. The molecule has 2 aromatic carbocycles. The van der Waals surface area contributed by atoms with E-state index < -0.39 is 12.6 Å². The number of nitrogens with zero attached hydrogens (tertiary/aromatic N) is 1. The molecule has 0 bridgehead atoms. The highest BCUT2D eigenvalue weighted by Crippen LogP contribution is 2.38. The molecule has 7 heteroatoms. The maximum absolute atomic E-state index is 13.0. The minimum Gasteiger partial charge on any atom is -0.481 e. The maximum atomic E-state index is 13.0. The van der Waals surface area contributed by atoms with E-state index in [1.807, 2.05) is 31.2 Å². The van der Waals surface area contributed by atoms with E-state index in [-0.39, 0.29) is 5.91 Å². The summed E-state index contributed by atoms with van der Waals surface area (Å²) in [5, 5.41) is 8.81. The van der Waals surface area contributed by atoms with E-state index in [9.17, 15) is 9.59 Å². The van der Waals surface area contributed by atoms with Gasteiger partial charge in [0, 0.05) is 5.56 Å². The van der Waals surface area contributed by atoms with Crippen LogP contribution in [-0.4, -0.2) is 27.9 Å². The van der Waals surface area contributed by atoms with Gasteiger partial charge in [-0.1, -0.05) is 67.3 Å². The van der Waals surface area contributed by atoms with Gasteiger partial charge in [0.25, 0.3) is 5.91 Å². The van der Waals surface area contributed by atoms with E-state index in [1.54, 1.807) is 35.2 Å². The largest absolute Gasteiger partial charge is 0.481 e. The number of hydrogen-bond acceptors (Lipinski definition) is 5. The number of carboxylic acid groups (broad SMARTS) is 1. The van der Waals surface area contributed by atoms with Crippen LogP contribution in [0.4, 0.5) is 5.69 Å². The van der Waals surface area contributed by atoms with Crippen LogP contribution in [0.25, 0.3) is 6.08 Å². The molecule has 0 atom stereocenters. The summed E-state index contributed by atoms with van der Waals surface area (Å²) in [5.74, 6) is -0.856. The summed E-state index contributed by atoms with van der Waals surface area (Å²) in [6.45, 7) is 1.58. The lowest BCUT2D eigenvalue weighted by molar-refractivity contribution is -0.139. The molecule has 1 aliphatic rings. The molecule has 0 unspecified atom stereocenters. The Morgan fingerprint density at radius 1 is 1.22 bits per heavy atom. The molecule has 1 saturated heterocycles. The molecular weight excluding hydrogens is 382 g/mol. The smallest absolute Gasteiger partial charge is 0.341 e. The predicted molar refractivity (Wildman–Crippen MR) is 111 cm³/mol. The number of carboxylic acids is 1. The third kappa shape index (κ3) is 4.20. The number of anilines is 1. The first kappa shape index (κ1) is 19.1. The van der Waals surface area contributed by atoms with E-state index in [2.05, 4.69) is 0 Å². The Labute approximate surface area is 166 Å². The number of ether oxygens (including phenoxy) is 1. The van der Waals surface area contributed by atoms with Crippen molar-refractivity contribution in [1.29, 1.82) is 0 Å². The van der Waals surface area contributed by atoms with Crippen molar-refractivity contribution in [2.75, 3.05) is 11.5 Å². The molecule has 3 rings (SSSR count). The van der Waals surface area contributed by atoms with Gasteiger partial charge in [0.15, 0.2) is 10.9 Å². The van der Waals surface area contributed by atoms with Crippen LogP contribution in [0.3, 0.4) is 0 Å². The van der Waals surface area contributed by atoms with E-state index >= 15 is 0 Å². The number of thioether (sulfide) groups is 1. The van der Waals surface area contributed by atoms with Crippen molar-refractivity contribution in [3.05, 3.63) is 64.6 Å². The fourth-order valence-electron chi connectivity index (χ4n) is 2.72. The SMILES string of the molecule is CCc1ccccc1N1C(=O)/C(=C\c2ccccc2OCC(=O)O)SC1=S. The number of thiocarbonyl (C=S) groups is 1. The zero-order valence-corrected chi connectivity index (χ0v) is 16.2. The number of carbonyl (C=O) groups is 2. The van der Waals surface area contributed by atoms with Gasteiger partial charge in [-0.3, -0.25) is 9.69 Å². The lowest BCUT2D eigenvalue weighted by Crippen LogP contribution is -2.28. The van der Waals surface area contributed by atoms with Gasteiger partial charge in [-0.25, -0.2) is 4.79 Å². The molecule has 1 aliphatic heterocycles. The second-order valence-corrected chi connectivity index (χ2v) is 7.40. The number of aliphatic carboxylic acids is 1. The lowest BCUT2D eigenvalue weighted by Gasteiger charge is -2.18. The number of carbonyl (C=O) groups excluding carboxylic acids is 1. The van der Waals surface area contributed by atoms with Gasteiger partial charge in [-0.2, -0.15) is 0 Å². The second kappa shape index (κ2) is 8.37. The van der Waals surface area contributed by atoms with Crippen LogP contribution < -0.4 is 9.64 Å². The maximum Gasteiger partial charge on any atom is 0.341 e. The zero-order chi connectivity index (χ0) is 19.4. The first-order valence-corrected chi connectivity index (χ1v) is 9.53. The summed E-state index contributed by atoms with van der Waals surface area (Å²) < 4.78 is 5.78. The Hall–Kier alpha value is -2.64. The van der Waals surface area contributed by atoms with Gasteiger partial charge in [0.2, 0.25) is 0 Å². The topological polar surface area (TPSA) is 66.8 Å². The fourth-order valence-corrected chi connectivity index (χ4v) is 3.99. The average Bonchev–Trinajstić information content (AvgIpc) is 2.94. The minimum atomic E-state index is -1.06. The van der Waals surface area contributed by atoms with E-state index in [0.29, 0.717) is 20.5 Å². The van der Waals surface area contributed by atoms with Crippen LogP contribution in [0.2, 0.25) is 0 Å². The summed E-state index contributed by atoms with van der Waals surface area (Å²) in [6.07, 6.45) is 2.48. The van der Waals surface area contributed by atoms with Crippen LogP contribution in [0.15, 0.2) is 53.4 Å². The summed E-state index contributed by atoms with van der Waals surface area (Å²) in [7, 11) is 0. The summed E-state index contributed by atoms with van der Waals surface area (Å²) in [4.78, 5) is 25.8. The zero-order valence-electron chi connectivity index (χ0n) is 14.5. The molecule has 0 saturated carbocycles. The van der Waals surface area contributed by atoms with Crippen LogP contribution in [0.5, 0.6) is 5.75 Å². The van der Waals surface area contributed by atoms with Crippen molar-refractivity contribution < 1.29 is 19.4 Å². The summed E-state index contributed by atoms with van der Waals surface area (Å²) in [5.41, 5.74) is 2.46. The number of para-hydroxylation sites is 2. The third-order valence-corrected chi connectivity index (χ3v) is 5.27. The van der Waals surface area contributed by atoms with Gasteiger partial charge in [-0.15, -0.1) is 0 Å². The number of amides is 1. The highest BCUT2D eigenvalue weighted by atomic mass is 32.2. The monoisotopic (exact) mass is 399 g/mol. The molecule has 1 fully saturated rings. The Morgan fingerprint density at radius 2 is 1.93 bits per heavy atom. The van der Waals surface area contributed by atoms with Crippen LogP contribution in [0, 0.1) is 0 Å². The van der Waals surface area contributed by atoms with Crippen molar-refractivity contribution in [2.45, 2.75) is 13.3 Å². The van der Waals surface area contributed by atoms with Crippen LogP contribution in [-0.2, 0) is 16.0 Å². The van der Waals surface area contributed by atoms with Gasteiger partial charge in [-0.05, 0) is 30.2 Å². The quantitative estimate of drug-likeness (QED) is 0.582. The summed E-state index contributed by atoms with van der Waals surface area (Å²) in [6, 6.07) is 14.7. The molecule has 138 valence electrons. The Balaban J connectivity index is 1.93. The molecule has 0 aromatic heterocycles. The number of benzene rings is 2. The van der Waals surface area contributed by atoms with Gasteiger partial charge in [0.1, 0.15) is 5.75 Å². The van der Waals surface area contributed by atoms with E-state index in [1.165, 1.54) is 11.8 Å². The van der Waals surface area contributed by atoms with Crippen molar-refractivity contribution >= 4 is 51.9 Å². The fraction of sp³-hybridized carbons (Fsp3) is 0.150. The third-order valence-electron chi connectivity index (χ3n) is 3.96.